The Morgan fingerprint density at radius 2 is 2.08 bits per heavy atom. The van der Waals surface area contributed by atoms with Gasteiger partial charge in [-0.3, -0.25) is 9.59 Å². The fourth-order valence-electron chi connectivity index (χ4n) is 3.03. The second-order valence-electron chi connectivity index (χ2n) is 6.10. The van der Waals surface area contributed by atoms with Gasteiger partial charge in [0.1, 0.15) is 0 Å². The molecule has 0 saturated carbocycles. The summed E-state index contributed by atoms with van der Waals surface area (Å²) in [6.07, 6.45) is 0.216. The molecule has 128 valence electrons. The van der Waals surface area contributed by atoms with Crippen LogP contribution < -0.4 is 5.32 Å². The first kappa shape index (κ1) is 16.4. The van der Waals surface area contributed by atoms with Crippen LogP contribution >= 0.6 is 11.8 Å². The summed E-state index contributed by atoms with van der Waals surface area (Å²) in [6, 6.07) is 12.7. The number of thioether (sulfide) groups is 1. The molecule has 0 fully saturated rings. The van der Waals surface area contributed by atoms with Gasteiger partial charge in [0.2, 0.25) is 0 Å². The van der Waals surface area contributed by atoms with Crippen molar-refractivity contribution in [2.24, 2.45) is 0 Å². The number of fused-ring (bicyclic) bond motifs is 2. The van der Waals surface area contributed by atoms with Crippen molar-refractivity contribution in [2.45, 2.75) is 11.3 Å². The maximum atomic E-state index is 12.7. The van der Waals surface area contributed by atoms with Crippen LogP contribution in [0.2, 0.25) is 0 Å². The van der Waals surface area contributed by atoms with Crippen LogP contribution in [-0.2, 0) is 6.42 Å². The molecule has 2 aromatic carbocycles. The number of hydrogen-bond acceptors (Lipinski definition) is 3. The van der Waals surface area contributed by atoms with Crippen LogP contribution in [0.4, 0.5) is 5.69 Å². The van der Waals surface area contributed by atoms with Crippen LogP contribution in [0.1, 0.15) is 26.4 Å². The molecule has 0 unspecified atom stereocenters. The zero-order valence-electron chi connectivity index (χ0n) is 13.8. The molecule has 0 spiro atoms. The normalized spacial score (nSPS) is 13.6. The summed E-state index contributed by atoms with van der Waals surface area (Å²) < 4.78 is 0. The average molecular weight is 361 g/mol. The summed E-state index contributed by atoms with van der Waals surface area (Å²) in [5.74, 6) is 0.711. The van der Waals surface area contributed by atoms with E-state index in [1.165, 1.54) is 0 Å². The topological polar surface area (TPSA) is 66.3 Å². The minimum absolute atomic E-state index is 0.0489. The highest BCUT2D eigenvalue weighted by Crippen LogP contribution is 2.27. The number of carbonyl (C=O) groups is 2. The predicted molar refractivity (Wildman–Crippen MR) is 102 cm³/mol. The molecule has 1 aliphatic heterocycles. The highest BCUT2D eigenvalue weighted by Gasteiger charge is 2.17. The fourth-order valence-corrected chi connectivity index (χ4v) is 3.93. The minimum atomic E-state index is -0.0865. The van der Waals surface area contributed by atoms with Gasteiger partial charge >= 0.3 is 0 Å². The maximum Gasteiger partial charge on any atom is 0.252 e. The van der Waals surface area contributed by atoms with Crippen LogP contribution in [0.25, 0.3) is 15.7 Å². The van der Waals surface area contributed by atoms with Crippen molar-refractivity contribution < 1.29 is 9.59 Å². The third kappa shape index (κ3) is 3.09. The molecule has 0 aliphatic carbocycles. The molecule has 4 rings (SSSR count). The first-order chi connectivity index (χ1) is 12.6. The predicted octanol–water partition coefficient (Wildman–Crippen LogP) is 3.98. The fraction of sp³-hybridized carbons (Fsp3) is 0.150. The van der Waals surface area contributed by atoms with E-state index in [0.29, 0.717) is 23.5 Å². The van der Waals surface area contributed by atoms with E-state index in [4.69, 9.17) is 6.57 Å². The first-order valence-corrected chi connectivity index (χ1v) is 9.20. The van der Waals surface area contributed by atoms with Crippen LogP contribution in [0.5, 0.6) is 0 Å². The Morgan fingerprint density at radius 1 is 1.19 bits per heavy atom. The van der Waals surface area contributed by atoms with E-state index >= 15 is 0 Å². The molecule has 26 heavy (non-hydrogen) atoms. The molecular formula is C20H15N3O2S. The Hall–Kier alpha value is -3.04. The van der Waals surface area contributed by atoms with Crippen molar-refractivity contribution in [3.8, 4) is 0 Å². The number of amides is 1. The van der Waals surface area contributed by atoms with Crippen molar-refractivity contribution in [1.29, 1.82) is 0 Å². The van der Waals surface area contributed by atoms with E-state index in [0.717, 1.165) is 27.1 Å². The lowest BCUT2D eigenvalue weighted by atomic mass is 10.0. The number of aromatic nitrogens is 1. The second-order valence-corrected chi connectivity index (χ2v) is 7.24. The summed E-state index contributed by atoms with van der Waals surface area (Å²) in [7, 11) is 0. The highest BCUT2D eigenvalue weighted by atomic mass is 32.2. The molecular weight excluding hydrogens is 346 g/mol. The molecule has 0 bridgehead atoms. The molecule has 2 heterocycles. The molecule has 0 saturated heterocycles. The molecule has 2 N–H and O–H groups in total. The second kappa shape index (κ2) is 6.70. The van der Waals surface area contributed by atoms with E-state index in [1.807, 2.05) is 18.2 Å². The third-order valence-electron chi connectivity index (χ3n) is 4.33. The molecule has 6 heteroatoms. The summed E-state index contributed by atoms with van der Waals surface area (Å²) >= 11 is 1.65. The number of carbonyl (C=O) groups excluding carboxylic acids is 2. The number of Topliss-reactive ketones (excluding diaryl/α,β-unsaturated/α-hetero) is 1. The Morgan fingerprint density at radius 3 is 2.92 bits per heavy atom. The van der Waals surface area contributed by atoms with Crippen LogP contribution in [0.15, 0.2) is 47.4 Å². The van der Waals surface area contributed by atoms with Crippen LogP contribution in [0, 0.1) is 6.57 Å². The molecule has 1 amide bonds. The lowest BCUT2D eigenvalue weighted by Crippen LogP contribution is -2.24. The molecule has 1 aliphatic rings. The molecule has 1 aromatic heterocycles. The SMILES string of the molecule is [C-]#[N+]c1ccc2[nH]c(C(=O)Cc3ccc4c(c3)C(=O)NCCS4)cc2c1. The van der Waals surface area contributed by atoms with Crippen molar-refractivity contribution in [2.75, 3.05) is 12.3 Å². The van der Waals surface area contributed by atoms with Gasteiger partial charge in [0, 0.05) is 29.1 Å². The number of ketones is 1. The van der Waals surface area contributed by atoms with Crippen molar-refractivity contribution in [3.05, 3.63) is 70.7 Å². The largest absolute Gasteiger partial charge is 0.352 e. The van der Waals surface area contributed by atoms with Gasteiger partial charge in [-0.1, -0.05) is 12.1 Å². The Bertz CT molecular complexity index is 1080. The van der Waals surface area contributed by atoms with Crippen LogP contribution in [0.3, 0.4) is 0 Å². The van der Waals surface area contributed by atoms with E-state index in [9.17, 15) is 9.59 Å². The Labute approximate surface area is 154 Å². The quantitative estimate of drug-likeness (QED) is 0.548. The maximum absolute atomic E-state index is 12.7. The van der Waals surface area contributed by atoms with Crippen molar-refractivity contribution in [1.82, 2.24) is 10.3 Å². The number of rotatable bonds is 3. The minimum Gasteiger partial charge on any atom is -0.352 e. The number of aromatic amines is 1. The van der Waals surface area contributed by atoms with Gasteiger partial charge in [-0.15, -0.1) is 11.8 Å². The van der Waals surface area contributed by atoms with E-state index in [1.54, 1.807) is 36.0 Å². The molecule has 0 radical (unpaired) electrons. The summed E-state index contributed by atoms with van der Waals surface area (Å²) in [4.78, 5) is 32.3. The standard InChI is InChI=1S/C20H15N3O2S/c1-21-14-3-4-16-13(10-14)11-17(23-16)18(24)9-12-2-5-19-15(8-12)20(25)22-6-7-26-19/h2-5,8,10-11,23H,6-7,9H2,(H,22,25). The van der Waals surface area contributed by atoms with Gasteiger partial charge in [-0.05, 0) is 41.3 Å². The average Bonchev–Trinajstić information content (AvgIpc) is 3.00. The molecule has 5 nitrogen and oxygen atoms in total. The highest BCUT2D eigenvalue weighted by molar-refractivity contribution is 7.99. The molecule has 0 atom stereocenters. The number of hydrogen-bond donors (Lipinski definition) is 2. The zero-order valence-corrected chi connectivity index (χ0v) is 14.7. The number of nitrogens with zero attached hydrogens (tertiary/aromatic N) is 1. The van der Waals surface area contributed by atoms with E-state index in [2.05, 4.69) is 15.1 Å². The molecule has 3 aromatic rings. The summed E-state index contributed by atoms with van der Waals surface area (Å²) in [5, 5.41) is 3.71. The number of H-pyrrole nitrogens is 1. The van der Waals surface area contributed by atoms with Gasteiger partial charge in [0.05, 0.1) is 17.8 Å². The summed E-state index contributed by atoms with van der Waals surface area (Å²) in [6.45, 7) is 7.73. The van der Waals surface area contributed by atoms with Crippen molar-refractivity contribution in [3.63, 3.8) is 0 Å². The Balaban J connectivity index is 1.60. The Kier molecular flexibility index (Phi) is 4.23. The zero-order chi connectivity index (χ0) is 18.1. The van der Waals surface area contributed by atoms with E-state index < -0.39 is 0 Å². The summed E-state index contributed by atoms with van der Waals surface area (Å²) in [5.41, 5.74) is 3.34. The van der Waals surface area contributed by atoms with Gasteiger partial charge in [-0.25, -0.2) is 4.85 Å². The number of benzene rings is 2. The lowest BCUT2D eigenvalue weighted by molar-refractivity contribution is 0.0950. The lowest BCUT2D eigenvalue weighted by Gasteiger charge is -2.07. The number of nitrogens with one attached hydrogen (secondary N) is 2. The van der Waals surface area contributed by atoms with Gasteiger partial charge in [0.25, 0.3) is 5.91 Å². The van der Waals surface area contributed by atoms with Gasteiger partial charge in [0.15, 0.2) is 11.5 Å². The monoisotopic (exact) mass is 361 g/mol. The van der Waals surface area contributed by atoms with Gasteiger partial charge in [-0.2, -0.15) is 0 Å². The van der Waals surface area contributed by atoms with Crippen molar-refractivity contribution >= 4 is 40.0 Å². The third-order valence-corrected chi connectivity index (χ3v) is 5.41. The van der Waals surface area contributed by atoms with Gasteiger partial charge < -0.3 is 10.3 Å². The van der Waals surface area contributed by atoms with E-state index in [-0.39, 0.29) is 18.1 Å². The van der Waals surface area contributed by atoms with Crippen LogP contribution in [-0.4, -0.2) is 29.0 Å². The smallest absolute Gasteiger partial charge is 0.252 e. The first-order valence-electron chi connectivity index (χ1n) is 8.21.